The molecule has 2 aliphatic heterocycles. The van der Waals surface area contributed by atoms with E-state index >= 15 is 0 Å². The largest absolute Gasteiger partial charge is 0.497 e. The summed E-state index contributed by atoms with van der Waals surface area (Å²) in [5, 5.41) is 8.03. The molecule has 8 nitrogen and oxygen atoms in total. The lowest BCUT2D eigenvalue weighted by atomic mass is 10.1. The summed E-state index contributed by atoms with van der Waals surface area (Å²) in [4.78, 5) is 28.7. The van der Waals surface area contributed by atoms with Gasteiger partial charge in [0.05, 0.1) is 38.9 Å². The second kappa shape index (κ2) is 8.81. The van der Waals surface area contributed by atoms with Crippen molar-refractivity contribution < 1.29 is 18.7 Å². The van der Waals surface area contributed by atoms with Gasteiger partial charge in [-0.3, -0.25) is 9.59 Å². The molecule has 2 amide bonds. The Labute approximate surface area is 174 Å². The van der Waals surface area contributed by atoms with E-state index in [1.165, 1.54) is 4.68 Å². The van der Waals surface area contributed by atoms with E-state index in [4.69, 9.17) is 4.74 Å². The number of hydrogen-bond donors (Lipinski definition) is 0. The number of methoxy groups -OCH3 is 1. The van der Waals surface area contributed by atoms with Crippen LogP contribution in [0.1, 0.15) is 35.3 Å². The second-order valence-electron chi connectivity index (χ2n) is 7.89. The normalized spacial score (nSPS) is 21.3. The Morgan fingerprint density at radius 2 is 2.07 bits per heavy atom. The average molecular weight is 415 g/mol. The van der Waals surface area contributed by atoms with Gasteiger partial charge in [-0.2, -0.15) is 0 Å². The third kappa shape index (κ3) is 4.44. The van der Waals surface area contributed by atoms with E-state index in [0.29, 0.717) is 18.0 Å². The molecule has 2 unspecified atom stereocenters. The number of rotatable bonds is 6. The van der Waals surface area contributed by atoms with E-state index in [-0.39, 0.29) is 37.2 Å². The summed E-state index contributed by atoms with van der Waals surface area (Å²) in [6.07, 6.45) is 2.96. The molecule has 0 spiro atoms. The van der Waals surface area contributed by atoms with Gasteiger partial charge in [-0.15, -0.1) is 5.10 Å². The zero-order chi connectivity index (χ0) is 21.1. The van der Waals surface area contributed by atoms with Gasteiger partial charge in [0.15, 0.2) is 5.69 Å². The molecule has 30 heavy (non-hydrogen) atoms. The number of carbonyl (C=O) groups excluding carboxylic acids is 2. The topological polar surface area (TPSA) is 80.6 Å². The molecule has 1 aromatic carbocycles. The lowest BCUT2D eigenvalue weighted by molar-refractivity contribution is -0.131. The fraction of sp³-hybridized carbons (Fsp3) is 0.524. The molecule has 2 aromatic rings. The van der Waals surface area contributed by atoms with E-state index in [1.54, 1.807) is 23.1 Å². The fourth-order valence-corrected chi connectivity index (χ4v) is 4.18. The van der Waals surface area contributed by atoms with Crippen LogP contribution in [0.3, 0.4) is 0 Å². The molecule has 2 atom stereocenters. The Morgan fingerprint density at radius 1 is 1.27 bits per heavy atom. The minimum atomic E-state index is -1.07. The van der Waals surface area contributed by atoms with Gasteiger partial charge in [-0.1, -0.05) is 17.3 Å². The molecule has 2 saturated heterocycles. The van der Waals surface area contributed by atoms with Gasteiger partial charge in [0.1, 0.15) is 11.9 Å². The van der Waals surface area contributed by atoms with Crippen molar-refractivity contribution in [3.05, 3.63) is 41.7 Å². The summed E-state index contributed by atoms with van der Waals surface area (Å²) in [7, 11) is 1.58. The van der Waals surface area contributed by atoms with Gasteiger partial charge in [0.2, 0.25) is 5.91 Å². The van der Waals surface area contributed by atoms with Crippen LogP contribution in [0.15, 0.2) is 30.5 Å². The summed E-state index contributed by atoms with van der Waals surface area (Å²) < 4.78 is 20.9. The van der Waals surface area contributed by atoms with Gasteiger partial charge in [0.25, 0.3) is 5.91 Å². The van der Waals surface area contributed by atoms with Gasteiger partial charge >= 0.3 is 0 Å². The summed E-state index contributed by atoms with van der Waals surface area (Å²) in [5.41, 5.74) is 1.11. The standard InChI is InChI=1S/C21H26FN5O3/c1-30-18-6-4-5-15(9-18)10-20(28)27-12-16(22)11-17(27)13-26-14-19(23-24-26)21(29)25-7-2-3-8-25/h4-6,9,14,16-17H,2-3,7-8,10-13H2,1H3. The van der Waals surface area contributed by atoms with E-state index in [2.05, 4.69) is 10.3 Å². The lowest BCUT2D eigenvalue weighted by Crippen LogP contribution is -2.39. The van der Waals surface area contributed by atoms with Gasteiger partial charge in [0, 0.05) is 19.5 Å². The van der Waals surface area contributed by atoms with Crippen LogP contribution < -0.4 is 4.74 Å². The Kier molecular flexibility index (Phi) is 5.96. The smallest absolute Gasteiger partial charge is 0.276 e. The first-order valence-electron chi connectivity index (χ1n) is 10.3. The van der Waals surface area contributed by atoms with E-state index in [9.17, 15) is 14.0 Å². The number of likely N-dealkylation sites (tertiary alicyclic amines) is 2. The molecule has 160 valence electrons. The summed E-state index contributed by atoms with van der Waals surface area (Å²) in [5.74, 6) is 0.417. The lowest BCUT2D eigenvalue weighted by Gasteiger charge is -2.24. The SMILES string of the molecule is COc1cccc(CC(=O)N2CC(F)CC2Cn2cc(C(=O)N3CCCC3)nn2)c1. The summed E-state index contributed by atoms with van der Waals surface area (Å²) >= 11 is 0. The third-order valence-corrected chi connectivity index (χ3v) is 5.72. The predicted molar refractivity (Wildman–Crippen MR) is 107 cm³/mol. The molecule has 2 fully saturated rings. The van der Waals surface area contributed by atoms with E-state index in [1.807, 2.05) is 24.3 Å². The van der Waals surface area contributed by atoms with Gasteiger partial charge in [-0.05, 0) is 30.5 Å². The quantitative estimate of drug-likeness (QED) is 0.718. The van der Waals surface area contributed by atoms with Crippen molar-refractivity contribution >= 4 is 11.8 Å². The number of alkyl halides is 1. The molecule has 0 saturated carbocycles. The Balaban J connectivity index is 1.41. The molecule has 1 aromatic heterocycles. The van der Waals surface area contributed by atoms with Crippen LogP contribution in [0.4, 0.5) is 4.39 Å². The maximum Gasteiger partial charge on any atom is 0.276 e. The average Bonchev–Trinajstić information content (AvgIpc) is 3.49. The Hall–Kier alpha value is -2.97. The zero-order valence-electron chi connectivity index (χ0n) is 17.0. The summed E-state index contributed by atoms with van der Waals surface area (Å²) in [6, 6.07) is 6.98. The number of ether oxygens (including phenoxy) is 1. The van der Waals surface area contributed by atoms with E-state index in [0.717, 1.165) is 31.5 Å². The minimum absolute atomic E-state index is 0.0712. The fourth-order valence-electron chi connectivity index (χ4n) is 4.18. The molecule has 9 heteroatoms. The molecule has 0 N–H and O–H groups in total. The van der Waals surface area contributed by atoms with Crippen molar-refractivity contribution in [1.82, 2.24) is 24.8 Å². The zero-order valence-corrected chi connectivity index (χ0v) is 17.0. The molecule has 0 radical (unpaired) electrons. The van der Waals surface area contributed by atoms with Crippen LogP contribution in [0, 0.1) is 0 Å². The predicted octanol–water partition coefficient (Wildman–Crippen LogP) is 1.70. The molecule has 4 rings (SSSR count). The third-order valence-electron chi connectivity index (χ3n) is 5.72. The highest BCUT2D eigenvalue weighted by Gasteiger charge is 2.36. The maximum atomic E-state index is 14.2. The first-order valence-corrected chi connectivity index (χ1v) is 10.3. The minimum Gasteiger partial charge on any atom is -0.497 e. The van der Waals surface area contributed by atoms with Crippen molar-refractivity contribution in [2.75, 3.05) is 26.7 Å². The molecule has 3 heterocycles. The van der Waals surface area contributed by atoms with Crippen LogP contribution in [0.25, 0.3) is 0 Å². The summed E-state index contributed by atoms with van der Waals surface area (Å²) in [6.45, 7) is 1.86. The van der Waals surface area contributed by atoms with Crippen LogP contribution in [-0.2, 0) is 17.8 Å². The van der Waals surface area contributed by atoms with Crippen molar-refractivity contribution in [3.63, 3.8) is 0 Å². The maximum absolute atomic E-state index is 14.2. The highest BCUT2D eigenvalue weighted by Crippen LogP contribution is 2.24. The van der Waals surface area contributed by atoms with E-state index < -0.39 is 6.17 Å². The number of hydrogen-bond acceptors (Lipinski definition) is 5. The van der Waals surface area contributed by atoms with Crippen molar-refractivity contribution in [2.45, 2.75) is 44.4 Å². The highest BCUT2D eigenvalue weighted by molar-refractivity contribution is 5.92. The molecular formula is C21H26FN5O3. The number of halogens is 1. The number of aromatic nitrogens is 3. The molecular weight excluding hydrogens is 389 g/mol. The Morgan fingerprint density at radius 3 is 2.83 bits per heavy atom. The number of carbonyl (C=O) groups is 2. The highest BCUT2D eigenvalue weighted by atomic mass is 19.1. The first-order chi connectivity index (χ1) is 14.5. The molecule has 0 bridgehead atoms. The van der Waals surface area contributed by atoms with Crippen molar-refractivity contribution in [1.29, 1.82) is 0 Å². The van der Waals surface area contributed by atoms with Crippen LogP contribution in [-0.4, -0.2) is 75.6 Å². The molecule has 2 aliphatic rings. The van der Waals surface area contributed by atoms with Crippen LogP contribution in [0.2, 0.25) is 0 Å². The second-order valence-corrected chi connectivity index (χ2v) is 7.89. The first kappa shape index (κ1) is 20.3. The number of amides is 2. The van der Waals surface area contributed by atoms with Crippen LogP contribution in [0.5, 0.6) is 5.75 Å². The van der Waals surface area contributed by atoms with Crippen molar-refractivity contribution in [2.24, 2.45) is 0 Å². The Bertz CT molecular complexity index is 912. The van der Waals surface area contributed by atoms with Crippen molar-refractivity contribution in [3.8, 4) is 5.75 Å². The van der Waals surface area contributed by atoms with Gasteiger partial charge < -0.3 is 14.5 Å². The monoisotopic (exact) mass is 415 g/mol. The van der Waals surface area contributed by atoms with Gasteiger partial charge in [-0.25, -0.2) is 9.07 Å². The molecule has 0 aliphatic carbocycles. The van der Waals surface area contributed by atoms with Crippen LogP contribution >= 0.6 is 0 Å². The number of nitrogens with zero attached hydrogens (tertiary/aromatic N) is 5. The number of benzene rings is 1.